The Morgan fingerprint density at radius 1 is 1.14 bits per heavy atom. The van der Waals surface area contributed by atoms with E-state index in [0.29, 0.717) is 22.0 Å². The second-order valence-corrected chi connectivity index (χ2v) is 6.81. The zero-order valence-corrected chi connectivity index (χ0v) is 16.8. The molecule has 1 amide bonds. The predicted octanol–water partition coefficient (Wildman–Crippen LogP) is 4.10. The van der Waals surface area contributed by atoms with Crippen molar-refractivity contribution in [3.05, 3.63) is 88.0 Å². The van der Waals surface area contributed by atoms with Crippen molar-refractivity contribution in [3.63, 3.8) is 0 Å². The average Bonchev–Trinajstić information content (AvgIpc) is 2.68. The monoisotopic (exact) mass is 412 g/mol. The summed E-state index contributed by atoms with van der Waals surface area (Å²) in [6, 6.07) is 15.9. The Morgan fingerprint density at radius 2 is 1.86 bits per heavy atom. The maximum absolute atomic E-state index is 13.2. The van der Waals surface area contributed by atoms with Crippen LogP contribution in [0.3, 0.4) is 0 Å². The van der Waals surface area contributed by atoms with E-state index < -0.39 is 17.8 Å². The molecule has 0 saturated heterocycles. The van der Waals surface area contributed by atoms with Gasteiger partial charge in [-0.2, -0.15) is 0 Å². The van der Waals surface area contributed by atoms with Crippen molar-refractivity contribution in [2.75, 3.05) is 11.9 Å². The molecule has 0 aliphatic carbocycles. The number of ether oxygens (including phenoxy) is 2. The molecule has 1 heterocycles. The molecule has 150 valence electrons. The lowest BCUT2D eigenvalue weighted by Crippen LogP contribution is -2.31. The normalized spacial score (nSPS) is 16.3. The minimum Gasteiger partial charge on any atom is -0.462 e. The molecule has 0 spiro atoms. The number of carbonyl (C=O) groups excluding carboxylic acids is 2. The molecule has 2 aromatic carbocycles. The number of esters is 1. The molecule has 1 aliphatic rings. The van der Waals surface area contributed by atoms with Crippen molar-refractivity contribution in [2.45, 2.75) is 19.8 Å². The maximum atomic E-state index is 13.2. The Kier molecular flexibility index (Phi) is 6.24. The summed E-state index contributed by atoms with van der Waals surface area (Å²) in [6.07, 6.45) is 0. The summed E-state index contributed by atoms with van der Waals surface area (Å²) >= 11 is 6.17. The predicted molar refractivity (Wildman–Crippen MR) is 111 cm³/mol. The van der Waals surface area contributed by atoms with Crippen molar-refractivity contribution < 1.29 is 19.1 Å². The first-order valence-corrected chi connectivity index (χ1v) is 9.47. The summed E-state index contributed by atoms with van der Waals surface area (Å²) < 4.78 is 10.7. The quantitative estimate of drug-likeness (QED) is 0.721. The molecule has 29 heavy (non-hydrogen) atoms. The highest BCUT2D eigenvalue weighted by Crippen LogP contribution is 2.41. The minimum atomic E-state index is -0.787. The second-order valence-electron chi connectivity index (χ2n) is 6.38. The molecule has 6 nitrogen and oxygen atoms in total. The molecule has 0 aromatic heterocycles. The number of benzene rings is 2. The molecule has 0 unspecified atom stereocenters. The number of anilines is 1. The number of hydrogen-bond donors (Lipinski definition) is 2. The number of amides is 1. The van der Waals surface area contributed by atoms with Gasteiger partial charge in [0, 0.05) is 10.7 Å². The molecule has 7 heteroatoms. The summed E-state index contributed by atoms with van der Waals surface area (Å²) in [7, 11) is 0. The van der Waals surface area contributed by atoms with Crippen molar-refractivity contribution in [1.82, 2.24) is 0 Å². The second kappa shape index (κ2) is 8.84. The van der Waals surface area contributed by atoms with Gasteiger partial charge in [0.25, 0.3) is 5.91 Å². The average molecular weight is 413 g/mol. The number of allylic oxidation sites excluding steroid dienone is 1. The lowest BCUT2D eigenvalue weighted by molar-refractivity contribution is -0.139. The third-order valence-electron chi connectivity index (χ3n) is 4.44. The SMILES string of the molecule is CCOC(=O)C1=C(N)OC(C)=C(C(=O)Nc2ccccc2)[C@H]1c1cccc(Cl)c1. The zero-order valence-electron chi connectivity index (χ0n) is 16.1. The molecule has 0 bridgehead atoms. The lowest BCUT2D eigenvalue weighted by atomic mass is 9.82. The highest BCUT2D eigenvalue weighted by atomic mass is 35.5. The van der Waals surface area contributed by atoms with Gasteiger partial charge in [0.2, 0.25) is 5.88 Å². The van der Waals surface area contributed by atoms with Crippen LogP contribution in [0.4, 0.5) is 5.69 Å². The largest absolute Gasteiger partial charge is 0.462 e. The van der Waals surface area contributed by atoms with Gasteiger partial charge in [0.05, 0.1) is 18.1 Å². The van der Waals surface area contributed by atoms with Crippen LogP contribution in [0.1, 0.15) is 25.3 Å². The van der Waals surface area contributed by atoms with E-state index in [1.165, 1.54) is 0 Å². The summed E-state index contributed by atoms with van der Waals surface area (Å²) in [5.74, 6) is -1.64. The van der Waals surface area contributed by atoms with E-state index in [1.54, 1.807) is 50.2 Å². The maximum Gasteiger partial charge on any atom is 0.340 e. The number of halogens is 1. The van der Waals surface area contributed by atoms with Gasteiger partial charge in [-0.15, -0.1) is 0 Å². The molecule has 3 N–H and O–H groups in total. The Morgan fingerprint density at radius 3 is 2.52 bits per heavy atom. The fourth-order valence-electron chi connectivity index (χ4n) is 3.22. The third kappa shape index (κ3) is 4.43. The number of carbonyl (C=O) groups is 2. The lowest BCUT2D eigenvalue weighted by Gasteiger charge is -2.29. The fourth-order valence-corrected chi connectivity index (χ4v) is 3.42. The summed E-state index contributed by atoms with van der Waals surface area (Å²) in [6.45, 7) is 3.48. The molecule has 3 rings (SSSR count). The number of para-hydroxylation sites is 1. The van der Waals surface area contributed by atoms with Crippen LogP contribution in [0.2, 0.25) is 5.02 Å². The van der Waals surface area contributed by atoms with Crippen LogP contribution < -0.4 is 11.1 Å². The van der Waals surface area contributed by atoms with Crippen LogP contribution in [-0.2, 0) is 19.1 Å². The van der Waals surface area contributed by atoms with Crippen LogP contribution in [0, 0.1) is 0 Å². The molecular formula is C22H21ClN2O4. The fraction of sp³-hybridized carbons (Fsp3) is 0.182. The van der Waals surface area contributed by atoms with Gasteiger partial charge in [-0.3, -0.25) is 4.79 Å². The highest BCUT2D eigenvalue weighted by Gasteiger charge is 2.39. The van der Waals surface area contributed by atoms with E-state index >= 15 is 0 Å². The Bertz CT molecular complexity index is 999. The summed E-state index contributed by atoms with van der Waals surface area (Å²) in [4.78, 5) is 25.9. The van der Waals surface area contributed by atoms with E-state index in [-0.39, 0.29) is 23.6 Å². The zero-order chi connectivity index (χ0) is 21.0. The first kappa shape index (κ1) is 20.5. The summed E-state index contributed by atoms with van der Waals surface area (Å²) in [5.41, 5.74) is 7.61. The third-order valence-corrected chi connectivity index (χ3v) is 4.67. The van der Waals surface area contributed by atoms with E-state index in [9.17, 15) is 9.59 Å². The van der Waals surface area contributed by atoms with Crippen LogP contribution in [0.15, 0.2) is 77.4 Å². The van der Waals surface area contributed by atoms with E-state index in [2.05, 4.69) is 5.32 Å². The van der Waals surface area contributed by atoms with Gasteiger partial charge in [-0.25, -0.2) is 4.79 Å². The highest BCUT2D eigenvalue weighted by molar-refractivity contribution is 6.30. The van der Waals surface area contributed by atoms with E-state index in [1.807, 2.05) is 18.2 Å². The molecule has 0 radical (unpaired) electrons. The topological polar surface area (TPSA) is 90.7 Å². The van der Waals surface area contributed by atoms with Gasteiger partial charge in [0.1, 0.15) is 11.3 Å². The Balaban J connectivity index is 2.10. The molecule has 1 atom stereocenters. The Labute approximate surface area is 173 Å². The van der Waals surface area contributed by atoms with Gasteiger partial charge >= 0.3 is 5.97 Å². The first-order valence-electron chi connectivity index (χ1n) is 9.09. The molecule has 0 fully saturated rings. The Hall–Kier alpha value is -3.25. The van der Waals surface area contributed by atoms with Gasteiger partial charge in [0.15, 0.2) is 0 Å². The number of hydrogen-bond acceptors (Lipinski definition) is 5. The van der Waals surface area contributed by atoms with Crippen LogP contribution in [0.5, 0.6) is 0 Å². The standard InChI is InChI=1S/C22H21ClN2O4/c1-3-28-22(27)19-18(14-8-7-9-15(23)12-14)17(13(2)29-20(19)24)21(26)25-16-10-5-4-6-11-16/h4-12,18H,3,24H2,1-2H3,(H,25,26)/t18-/m1/s1. The van der Waals surface area contributed by atoms with Crippen molar-refractivity contribution in [2.24, 2.45) is 5.73 Å². The van der Waals surface area contributed by atoms with Crippen molar-refractivity contribution in [1.29, 1.82) is 0 Å². The molecule has 2 aromatic rings. The first-order chi connectivity index (χ1) is 13.9. The molecular weight excluding hydrogens is 392 g/mol. The number of nitrogens with one attached hydrogen (secondary N) is 1. The smallest absolute Gasteiger partial charge is 0.340 e. The van der Waals surface area contributed by atoms with Crippen LogP contribution >= 0.6 is 11.6 Å². The van der Waals surface area contributed by atoms with Gasteiger partial charge in [-0.1, -0.05) is 41.9 Å². The minimum absolute atomic E-state index is 0.0675. The van der Waals surface area contributed by atoms with Crippen molar-refractivity contribution in [3.8, 4) is 0 Å². The summed E-state index contributed by atoms with van der Waals surface area (Å²) in [5, 5.41) is 3.31. The number of rotatable bonds is 5. The van der Waals surface area contributed by atoms with Crippen molar-refractivity contribution >= 4 is 29.2 Å². The van der Waals surface area contributed by atoms with E-state index in [4.69, 9.17) is 26.8 Å². The molecule has 0 saturated carbocycles. The number of nitrogens with two attached hydrogens (primary N) is 1. The van der Waals surface area contributed by atoms with Gasteiger partial charge in [-0.05, 0) is 43.7 Å². The van der Waals surface area contributed by atoms with E-state index in [0.717, 1.165) is 0 Å². The van der Waals surface area contributed by atoms with Crippen LogP contribution in [-0.4, -0.2) is 18.5 Å². The van der Waals surface area contributed by atoms with Gasteiger partial charge < -0.3 is 20.5 Å². The van der Waals surface area contributed by atoms with Crippen LogP contribution in [0.25, 0.3) is 0 Å². The molecule has 1 aliphatic heterocycles.